The molecule has 9 heteroatoms. The molecule has 1 N–H and O–H groups in total. The summed E-state index contributed by atoms with van der Waals surface area (Å²) in [4.78, 5) is -0.00211. The van der Waals surface area contributed by atoms with Crippen LogP contribution in [0.15, 0.2) is 39.7 Å². The first-order valence-electron chi connectivity index (χ1n) is 7.19. The van der Waals surface area contributed by atoms with Crippen LogP contribution in [-0.2, 0) is 10.0 Å². The Hall–Kier alpha value is -1.64. The van der Waals surface area contributed by atoms with Crippen molar-refractivity contribution in [3.8, 4) is 17.2 Å². The van der Waals surface area contributed by atoms with E-state index in [1.165, 1.54) is 32.4 Å². The molecular formula is C16H17BrClNO5S. The minimum Gasteiger partial charge on any atom is -0.495 e. The van der Waals surface area contributed by atoms with E-state index in [4.69, 9.17) is 25.8 Å². The van der Waals surface area contributed by atoms with Crippen LogP contribution in [0.1, 0.15) is 6.92 Å². The van der Waals surface area contributed by atoms with Crippen molar-refractivity contribution in [2.24, 2.45) is 0 Å². The lowest BCUT2D eigenvalue weighted by atomic mass is 10.3. The molecule has 0 fully saturated rings. The second-order valence-corrected chi connectivity index (χ2v) is 7.79. The largest absolute Gasteiger partial charge is 0.495 e. The van der Waals surface area contributed by atoms with E-state index < -0.39 is 10.0 Å². The minimum absolute atomic E-state index is 0.00211. The summed E-state index contributed by atoms with van der Waals surface area (Å²) in [5, 5.41) is 0.250. The minimum atomic E-state index is -3.94. The summed E-state index contributed by atoms with van der Waals surface area (Å²) in [7, 11) is -1.06. The summed E-state index contributed by atoms with van der Waals surface area (Å²) in [6.45, 7) is 2.11. The molecule has 6 nitrogen and oxygen atoms in total. The van der Waals surface area contributed by atoms with Crippen LogP contribution in [0.3, 0.4) is 0 Å². The molecule has 25 heavy (non-hydrogen) atoms. The Labute approximate surface area is 160 Å². The molecule has 2 rings (SSSR count). The van der Waals surface area contributed by atoms with Crippen molar-refractivity contribution < 1.29 is 22.6 Å². The lowest BCUT2D eigenvalue weighted by Gasteiger charge is -2.16. The SMILES string of the molecule is CCOc1ccc(Br)cc1S(=O)(=O)Nc1cc(Cl)c(OC)cc1OC. The lowest BCUT2D eigenvalue weighted by Crippen LogP contribution is -2.15. The maximum absolute atomic E-state index is 12.8. The summed E-state index contributed by atoms with van der Waals surface area (Å²) in [5.74, 6) is 0.897. The molecule has 0 atom stereocenters. The van der Waals surface area contributed by atoms with Gasteiger partial charge in [0.25, 0.3) is 10.0 Å². The first-order valence-corrected chi connectivity index (χ1v) is 9.84. The number of hydrogen-bond donors (Lipinski definition) is 1. The second-order valence-electron chi connectivity index (χ2n) is 4.82. The quantitative estimate of drug-likeness (QED) is 0.680. The fourth-order valence-electron chi connectivity index (χ4n) is 2.11. The highest BCUT2D eigenvalue weighted by atomic mass is 79.9. The Bertz CT molecular complexity index is 873. The van der Waals surface area contributed by atoms with Gasteiger partial charge in [0.2, 0.25) is 0 Å². The average Bonchev–Trinajstić information content (AvgIpc) is 2.56. The van der Waals surface area contributed by atoms with Crippen LogP contribution in [0.5, 0.6) is 17.2 Å². The maximum atomic E-state index is 12.8. The third-order valence-electron chi connectivity index (χ3n) is 3.21. The van der Waals surface area contributed by atoms with Gasteiger partial charge in [-0.2, -0.15) is 0 Å². The molecule has 0 saturated carbocycles. The zero-order chi connectivity index (χ0) is 18.6. The van der Waals surface area contributed by atoms with Gasteiger partial charge in [-0.1, -0.05) is 27.5 Å². The molecular weight excluding hydrogens is 434 g/mol. The van der Waals surface area contributed by atoms with Gasteiger partial charge in [-0.15, -0.1) is 0 Å². The molecule has 2 aromatic rings. The van der Waals surface area contributed by atoms with E-state index in [0.29, 0.717) is 16.8 Å². The van der Waals surface area contributed by atoms with Crippen LogP contribution >= 0.6 is 27.5 Å². The van der Waals surface area contributed by atoms with Crippen LogP contribution in [0, 0.1) is 0 Å². The van der Waals surface area contributed by atoms with Crippen LogP contribution in [-0.4, -0.2) is 29.2 Å². The molecule has 0 aliphatic rings. The molecule has 0 amide bonds. The number of anilines is 1. The standard InChI is InChI=1S/C16H17BrClNO5S/c1-4-24-13-6-5-10(17)7-16(13)25(20,21)19-12-8-11(18)14(22-2)9-15(12)23-3/h5-9,19H,4H2,1-3H3. The first-order chi connectivity index (χ1) is 11.8. The molecule has 2 aromatic carbocycles. The highest BCUT2D eigenvalue weighted by molar-refractivity contribution is 9.10. The Morgan fingerprint density at radius 2 is 1.76 bits per heavy atom. The van der Waals surface area contributed by atoms with E-state index in [9.17, 15) is 8.42 Å². The number of benzene rings is 2. The van der Waals surface area contributed by atoms with Crippen molar-refractivity contribution in [3.05, 3.63) is 39.8 Å². The summed E-state index contributed by atoms with van der Waals surface area (Å²) < 4.78 is 44.5. The number of ether oxygens (including phenoxy) is 3. The first kappa shape index (κ1) is 19.7. The number of rotatable bonds is 7. The Kier molecular flexibility index (Phi) is 6.42. The number of sulfonamides is 1. The highest BCUT2D eigenvalue weighted by Crippen LogP contribution is 2.38. The van der Waals surface area contributed by atoms with Gasteiger partial charge in [0.05, 0.1) is 31.5 Å². The van der Waals surface area contributed by atoms with Crippen molar-refractivity contribution in [2.75, 3.05) is 25.5 Å². The van der Waals surface area contributed by atoms with Gasteiger partial charge in [-0.25, -0.2) is 8.42 Å². The predicted molar refractivity (Wildman–Crippen MR) is 101 cm³/mol. The molecule has 0 aliphatic carbocycles. The molecule has 0 spiro atoms. The van der Waals surface area contributed by atoms with E-state index in [1.54, 1.807) is 19.1 Å². The van der Waals surface area contributed by atoms with E-state index in [2.05, 4.69) is 20.7 Å². The van der Waals surface area contributed by atoms with E-state index in [1.807, 2.05) is 0 Å². The van der Waals surface area contributed by atoms with Crippen LogP contribution in [0.25, 0.3) is 0 Å². The Morgan fingerprint density at radius 3 is 2.36 bits per heavy atom. The number of methoxy groups -OCH3 is 2. The average molecular weight is 451 g/mol. The van der Waals surface area contributed by atoms with Gasteiger partial charge < -0.3 is 14.2 Å². The van der Waals surface area contributed by atoms with Crippen molar-refractivity contribution in [3.63, 3.8) is 0 Å². The highest BCUT2D eigenvalue weighted by Gasteiger charge is 2.23. The van der Waals surface area contributed by atoms with Crippen molar-refractivity contribution in [2.45, 2.75) is 11.8 Å². The monoisotopic (exact) mass is 449 g/mol. The van der Waals surface area contributed by atoms with Crippen molar-refractivity contribution in [1.82, 2.24) is 0 Å². The van der Waals surface area contributed by atoms with E-state index in [-0.39, 0.29) is 27.1 Å². The predicted octanol–water partition coefficient (Wildman–Crippen LogP) is 4.32. The Balaban J connectivity index is 2.50. The molecule has 136 valence electrons. The van der Waals surface area contributed by atoms with E-state index >= 15 is 0 Å². The molecule has 0 aliphatic heterocycles. The van der Waals surface area contributed by atoms with Gasteiger partial charge in [-0.3, -0.25) is 4.72 Å². The second kappa shape index (κ2) is 8.16. The third-order valence-corrected chi connectivity index (χ3v) is 5.39. The fourth-order valence-corrected chi connectivity index (χ4v) is 4.09. The number of hydrogen-bond acceptors (Lipinski definition) is 5. The molecule has 0 radical (unpaired) electrons. The van der Waals surface area contributed by atoms with E-state index in [0.717, 1.165) is 0 Å². The van der Waals surface area contributed by atoms with Gasteiger partial charge >= 0.3 is 0 Å². The van der Waals surface area contributed by atoms with Gasteiger partial charge in [0.1, 0.15) is 22.1 Å². The molecule has 0 saturated heterocycles. The summed E-state index contributed by atoms with van der Waals surface area (Å²) in [6, 6.07) is 7.68. The van der Waals surface area contributed by atoms with Crippen molar-refractivity contribution >= 4 is 43.2 Å². The smallest absolute Gasteiger partial charge is 0.265 e. The topological polar surface area (TPSA) is 73.9 Å². The van der Waals surface area contributed by atoms with Gasteiger partial charge in [0, 0.05) is 10.5 Å². The molecule has 0 unspecified atom stereocenters. The zero-order valence-electron chi connectivity index (χ0n) is 13.8. The normalized spacial score (nSPS) is 11.1. The van der Waals surface area contributed by atoms with Crippen LogP contribution < -0.4 is 18.9 Å². The summed E-state index contributed by atoms with van der Waals surface area (Å²) in [6.07, 6.45) is 0. The maximum Gasteiger partial charge on any atom is 0.265 e. The molecule has 0 heterocycles. The van der Waals surface area contributed by atoms with Crippen LogP contribution in [0.2, 0.25) is 5.02 Å². The zero-order valence-corrected chi connectivity index (χ0v) is 17.0. The molecule has 0 aromatic heterocycles. The number of nitrogens with one attached hydrogen (secondary N) is 1. The van der Waals surface area contributed by atoms with Gasteiger partial charge in [-0.05, 0) is 31.2 Å². The Morgan fingerprint density at radius 1 is 1.08 bits per heavy atom. The third kappa shape index (κ3) is 4.50. The summed E-state index contributed by atoms with van der Waals surface area (Å²) in [5.41, 5.74) is 0.190. The van der Waals surface area contributed by atoms with Gasteiger partial charge in [0.15, 0.2) is 0 Å². The lowest BCUT2D eigenvalue weighted by molar-refractivity contribution is 0.331. The van der Waals surface area contributed by atoms with Crippen LogP contribution in [0.4, 0.5) is 5.69 Å². The van der Waals surface area contributed by atoms with Crippen molar-refractivity contribution in [1.29, 1.82) is 0 Å². The number of halogens is 2. The molecule has 0 bridgehead atoms. The fraction of sp³-hybridized carbons (Fsp3) is 0.250. The summed E-state index contributed by atoms with van der Waals surface area (Å²) >= 11 is 9.37.